The summed E-state index contributed by atoms with van der Waals surface area (Å²) in [5.41, 5.74) is 0. The normalized spacial score (nSPS) is 14.0. The SMILES string of the molecule is CC(NC(C)c1cccs1)C(=O)NCc1ccco1. The molecular weight excluding hydrogens is 260 g/mol. The summed E-state index contributed by atoms with van der Waals surface area (Å²) in [5.74, 6) is 0.728. The van der Waals surface area contributed by atoms with Gasteiger partial charge in [-0.1, -0.05) is 6.07 Å². The fraction of sp³-hybridized carbons (Fsp3) is 0.357. The smallest absolute Gasteiger partial charge is 0.237 e. The summed E-state index contributed by atoms with van der Waals surface area (Å²) in [7, 11) is 0. The fourth-order valence-corrected chi connectivity index (χ4v) is 2.55. The molecule has 2 N–H and O–H groups in total. The van der Waals surface area contributed by atoms with Crippen LogP contribution in [0.4, 0.5) is 0 Å². The van der Waals surface area contributed by atoms with Crippen molar-refractivity contribution < 1.29 is 9.21 Å². The van der Waals surface area contributed by atoms with E-state index in [0.29, 0.717) is 6.54 Å². The largest absolute Gasteiger partial charge is 0.467 e. The molecule has 2 aromatic heterocycles. The third-order valence-electron chi connectivity index (χ3n) is 2.88. The minimum atomic E-state index is -0.243. The Hall–Kier alpha value is -1.59. The topological polar surface area (TPSA) is 54.3 Å². The van der Waals surface area contributed by atoms with Gasteiger partial charge in [-0.25, -0.2) is 0 Å². The molecule has 1 amide bonds. The average Bonchev–Trinajstić information content (AvgIpc) is 3.08. The minimum absolute atomic E-state index is 0.0280. The number of amides is 1. The van der Waals surface area contributed by atoms with Crippen LogP contribution in [0.15, 0.2) is 40.3 Å². The van der Waals surface area contributed by atoms with Crippen molar-refractivity contribution in [1.82, 2.24) is 10.6 Å². The Labute approximate surface area is 116 Å². The molecule has 0 spiro atoms. The molecule has 2 aromatic rings. The number of thiophene rings is 1. The van der Waals surface area contributed by atoms with Crippen LogP contribution in [-0.2, 0) is 11.3 Å². The first kappa shape index (κ1) is 13.8. The van der Waals surface area contributed by atoms with Gasteiger partial charge in [0.25, 0.3) is 0 Å². The molecule has 0 saturated heterocycles. The Morgan fingerprint density at radius 2 is 2.21 bits per heavy atom. The Balaban J connectivity index is 1.79. The molecule has 102 valence electrons. The van der Waals surface area contributed by atoms with E-state index in [4.69, 9.17) is 4.42 Å². The molecular formula is C14H18N2O2S. The minimum Gasteiger partial charge on any atom is -0.467 e. The van der Waals surface area contributed by atoms with Crippen molar-refractivity contribution in [1.29, 1.82) is 0 Å². The molecule has 2 unspecified atom stereocenters. The maximum absolute atomic E-state index is 11.9. The van der Waals surface area contributed by atoms with Crippen molar-refractivity contribution in [3.63, 3.8) is 0 Å². The third-order valence-corrected chi connectivity index (χ3v) is 3.94. The van der Waals surface area contributed by atoms with Crippen molar-refractivity contribution in [3.8, 4) is 0 Å². The van der Waals surface area contributed by atoms with Crippen molar-refractivity contribution in [2.75, 3.05) is 0 Å². The van der Waals surface area contributed by atoms with Gasteiger partial charge in [0.05, 0.1) is 18.8 Å². The van der Waals surface area contributed by atoms with E-state index in [2.05, 4.69) is 23.6 Å². The second-order valence-corrected chi connectivity index (χ2v) is 5.40. The molecule has 2 heterocycles. The molecule has 2 rings (SSSR count). The molecule has 0 aliphatic heterocycles. The molecule has 2 atom stereocenters. The second-order valence-electron chi connectivity index (χ2n) is 4.42. The molecule has 0 aromatic carbocycles. The van der Waals surface area contributed by atoms with Crippen LogP contribution < -0.4 is 10.6 Å². The number of furan rings is 1. The summed E-state index contributed by atoms with van der Waals surface area (Å²) in [6.07, 6.45) is 1.60. The first-order chi connectivity index (χ1) is 9.16. The third kappa shape index (κ3) is 3.94. The van der Waals surface area contributed by atoms with Gasteiger partial charge in [-0.2, -0.15) is 0 Å². The van der Waals surface area contributed by atoms with E-state index in [-0.39, 0.29) is 18.0 Å². The number of rotatable bonds is 6. The first-order valence-electron chi connectivity index (χ1n) is 6.26. The van der Waals surface area contributed by atoms with E-state index >= 15 is 0 Å². The van der Waals surface area contributed by atoms with Crippen molar-refractivity contribution in [2.45, 2.75) is 32.5 Å². The van der Waals surface area contributed by atoms with E-state index in [1.807, 2.05) is 30.5 Å². The number of carbonyl (C=O) groups is 1. The lowest BCUT2D eigenvalue weighted by molar-refractivity contribution is -0.123. The van der Waals surface area contributed by atoms with E-state index < -0.39 is 0 Å². The molecule has 0 saturated carbocycles. The molecule has 0 fully saturated rings. The number of nitrogens with one attached hydrogen (secondary N) is 2. The molecule has 0 aliphatic rings. The lowest BCUT2D eigenvalue weighted by atomic mass is 10.2. The number of carbonyl (C=O) groups excluding carboxylic acids is 1. The molecule has 5 heteroatoms. The molecule has 0 aliphatic carbocycles. The summed E-state index contributed by atoms with van der Waals surface area (Å²) in [6, 6.07) is 7.65. The van der Waals surface area contributed by atoms with Crippen LogP contribution in [-0.4, -0.2) is 11.9 Å². The first-order valence-corrected chi connectivity index (χ1v) is 7.14. The Bertz CT molecular complexity index is 494. The Kier molecular flexibility index (Phi) is 4.76. The van der Waals surface area contributed by atoms with Gasteiger partial charge in [0.15, 0.2) is 0 Å². The number of hydrogen-bond acceptors (Lipinski definition) is 4. The van der Waals surface area contributed by atoms with Crippen LogP contribution in [0.25, 0.3) is 0 Å². The van der Waals surface area contributed by atoms with Crippen molar-refractivity contribution in [3.05, 3.63) is 46.5 Å². The van der Waals surface area contributed by atoms with Crippen LogP contribution in [0.5, 0.6) is 0 Å². The van der Waals surface area contributed by atoms with Crippen LogP contribution in [0, 0.1) is 0 Å². The second kappa shape index (κ2) is 6.54. The average molecular weight is 278 g/mol. The maximum Gasteiger partial charge on any atom is 0.237 e. The predicted octanol–water partition coefficient (Wildman–Crippen LogP) is 2.70. The molecule has 19 heavy (non-hydrogen) atoms. The van der Waals surface area contributed by atoms with Crippen molar-refractivity contribution in [2.24, 2.45) is 0 Å². The highest BCUT2D eigenvalue weighted by Gasteiger charge is 2.16. The van der Waals surface area contributed by atoms with Gasteiger partial charge in [0.1, 0.15) is 5.76 Å². The predicted molar refractivity (Wildman–Crippen MR) is 75.9 cm³/mol. The summed E-state index contributed by atoms with van der Waals surface area (Å²) < 4.78 is 5.17. The van der Waals surface area contributed by atoms with Gasteiger partial charge in [-0.15, -0.1) is 11.3 Å². The van der Waals surface area contributed by atoms with Gasteiger partial charge < -0.3 is 9.73 Å². The molecule has 4 nitrogen and oxygen atoms in total. The highest BCUT2D eigenvalue weighted by Crippen LogP contribution is 2.18. The van der Waals surface area contributed by atoms with E-state index in [1.54, 1.807) is 17.6 Å². The Morgan fingerprint density at radius 3 is 2.84 bits per heavy atom. The quantitative estimate of drug-likeness (QED) is 0.854. The molecule has 0 radical (unpaired) electrons. The summed E-state index contributed by atoms with van der Waals surface area (Å²) in [4.78, 5) is 13.2. The summed E-state index contributed by atoms with van der Waals surface area (Å²) >= 11 is 1.69. The van der Waals surface area contributed by atoms with Crippen LogP contribution in [0.2, 0.25) is 0 Å². The fourth-order valence-electron chi connectivity index (χ4n) is 1.81. The summed E-state index contributed by atoms with van der Waals surface area (Å²) in [5, 5.41) is 8.16. The van der Waals surface area contributed by atoms with E-state index in [0.717, 1.165) is 5.76 Å². The zero-order valence-electron chi connectivity index (χ0n) is 11.1. The van der Waals surface area contributed by atoms with Crippen LogP contribution >= 0.6 is 11.3 Å². The summed E-state index contributed by atoms with van der Waals surface area (Å²) in [6.45, 7) is 4.34. The van der Waals surface area contributed by atoms with Gasteiger partial charge in [-0.05, 0) is 37.4 Å². The van der Waals surface area contributed by atoms with E-state index in [9.17, 15) is 4.79 Å². The zero-order chi connectivity index (χ0) is 13.7. The van der Waals surface area contributed by atoms with Gasteiger partial charge in [0.2, 0.25) is 5.91 Å². The highest BCUT2D eigenvalue weighted by atomic mass is 32.1. The monoisotopic (exact) mass is 278 g/mol. The lowest BCUT2D eigenvalue weighted by Gasteiger charge is -2.18. The van der Waals surface area contributed by atoms with Crippen molar-refractivity contribution >= 4 is 17.2 Å². The maximum atomic E-state index is 11.9. The molecule has 0 bridgehead atoms. The number of hydrogen-bond donors (Lipinski definition) is 2. The lowest BCUT2D eigenvalue weighted by Crippen LogP contribution is -2.42. The highest BCUT2D eigenvalue weighted by molar-refractivity contribution is 7.10. The van der Waals surface area contributed by atoms with Crippen LogP contribution in [0.3, 0.4) is 0 Å². The van der Waals surface area contributed by atoms with Gasteiger partial charge >= 0.3 is 0 Å². The Morgan fingerprint density at radius 1 is 1.37 bits per heavy atom. The zero-order valence-corrected chi connectivity index (χ0v) is 11.9. The standard InChI is InChI=1S/C14H18N2O2S/c1-10(13-6-4-8-19-13)16-11(2)14(17)15-9-12-5-3-7-18-12/h3-8,10-11,16H,9H2,1-2H3,(H,15,17). The van der Waals surface area contributed by atoms with Gasteiger partial charge in [0, 0.05) is 10.9 Å². The van der Waals surface area contributed by atoms with Gasteiger partial charge in [-0.3, -0.25) is 10.1 Å². The van der Waals surface area contributed by atoms with E-state index in [1.165, 1.54) is 4.88 Å². The van der Waals surface area contributed by atoms with Crippen LogP contribution in [0.1, 0.15) is 30.5 Å².